The molecular formula is C28H32FN5O2. The molecule has 0 radical (unpaired) electrons. The number of hydrogen-bond acceptors (Lipinski definition) is 5. The highest BCUT2D eigenvalue weighted by atomic mass is 19.1. The van der Waals surface area contributed by atoms with Crippen LogP contribution >= 0.6 is 0 Å². The van der Waals surface area contributed by atoms with E-state index in [-0.39, 0.29) is 23.8 Å². The number of benzene rings is 2. The highest BCUT2D eigenvalue weighted by Gasteiger charge is 2.38. The Hall–Kier alpha value is -3.52. The van der Waals surface area contributed by atoms with Crippen molar-refractivity contribution >= 4 is 17.8 Å². The summed E-state index contributed by atoms with van der Waals surface area (Å²) in [5.74, 6) is -0.145. The van der Waals surface area contributed by atoms with E-state index in [0.29, 0.717) is 38.8 Å². The van der Waals surface area contributed by atoms with E-state index in [4.69, 9.17) is 0 Å². The largest absolute Gasteiger partial charge is 0.390 e. The molecule has 3 heterocycles. The van der Waals surface area contributed by atoms with Gasteiger partial charge in [-0.2, -0.15) is 10.2 Å². The Balaban J connectivity index is 1.17. The fourth-order valence-electron chi connectivity index (χ4n) is 5.18. The SMILES string of the molecule is C[C@@H](CC(=O)N1CCC(O)(CC2CC=NN2c2ccc(-c3ccc(F)cc3)cc2)CC1)n1cccn1. The summed E-state index contributed by atoms with van der Waals surface area (Å²) in [6.45, 7) is 3.11. The van der Waals surface area contributed by atoms with Crippen molar-refractivity contribution in [3.63, 3.8) is 0 Å². The van der Waals surface area contributed by atoms with Crippen LogP contribution in [0.3, 0.4) is 0 Å². The van der Waals surface area contributed by atoms with E-state index in [2.05, 4.69) is 10.2 Å². The number of nitrogens with zero attached hydrogens (tertiary/aromatic N) is 5. The van der Waals surface area contributed by atoms with Gasteiger partial charge >= 0.3 is 0 Å². The lowest BCUT2D eigenvalue weighted by Gasteiger charge is -2.41. The third-order valence-electron chi connectivity index (χ3n) is 7.35. The predicted octanol–water partition coefficient (Wildman–Crippen LogP) is 4.65. The molecule has 36 heavy (non-hydrogen) atoms. The molecule has 0 bridgehead atoms. The van der Waals surface area contributed by atoms with Gasteiger partial charge in [0, 0.05) is 44.5 Å². The minimum Gasteiger partial charge on any atom is -0.390 e. The predicted molar refractivity (Wildman–Crippen MR) is 138 cm³/mol. The van der Waals surface area contributed by atoms with Crippen molar-refractivity contribution < 1.29 is 14.3 Å². The first-order valence-electron chi connectivity index (χ1n) is 12.6. The summed E-state index contributed by atoms with van der Waals surface area (Å²) in [5, 5.41) is 22.2. The molecule has 1 unspecified atom stereocenters. The number of likely N-dealkylation sites (tertiary alicyclic amines) is 1. The number of anilines is 1. The lowest BCUT2D eigenvalue weighted by Crippen LogP contribution is -2.49. The molecule has 8 heteroatoms. The monoisotopic (exact) mass is 489 g/mol. The zero-order valence-corrected chi connectivity index (χ0v) is 20.5. The van der Waals surface area contributed by atoms with E-state index in [1.54, 1.807) is 23.0 Å². The number of piperidine rings is 1. The number of carbonyl (C=O) groups is 1. The van der Waals surface area contributed by atoms with Crippen molar-refractivity contribution in [1.29, 1.82) is 0 Å². The smallest absolute Gasteiger partial charge is 0.224 e. The molecular weight excluding hydrogens is 457 g/mol. The van der Waals surface area contributed by atoms with Crippen molar-refractivity contribution in [2.24, 2.45) is 5.10 Å². The van der Waals surface area contributed by atoms with Crippen molar-refractivity contribution in [3.05, 3.63) is 72.8 Å². The Bertz CT molecular complexity index is 1190. The number of halogens is 1. The Morgan fingerprint density at radius 2 is 1.78 bits per heavy atom. The zero-order chi connectivity index (χ0) is 25.1. The first-order chi connectivity index (χ1) is 17.4. The molecule has 188 valence electrons. The quantitative estimate of drug-likeness (QED) is 0.524. The maximum atomic E-state index is 13.2. The van der Waals surface area contributed by atoms with Gasteiger partial charge in [-0.25, -0.2) is 4.39 Å². The number of amides is 1. The Morgan fingerprint density at radius 3 is 2.42 bits per heavy atom. The standard InChI is InChI=1S/C28H32FN5O2/c1-21(33-16-2-14-30-33)19-27(35)32-17-12-28(36,13-18-32)20-26-11-15-31-34(26)25-9-5-23(6-10-25)22-3-7-24(29)8-4-22/h2-10,14-16,21,26,36H,11-13,17-20H2,1H3/t21-,26?/m0/s1. The van der Waals surface area contributed by atoms with E-state index in [0.717, 1.165) is 23.2 Å². The minimum atomic E-state index is -0.824. The third-order valence-corrected chi connectivity index (χ3v) is 7.35. The van der Waals surface area contributed by atoms with Gasteiger partial charge in [0.1, 0.15) is 5.82 Å². The molecule has 3 aromatic rings. The Morgan fingerprint density at radius 1 is 1.11 bits per heavy atom. The maximum absolute atomic E-state index is 13.2. The summed E-state index contributed by atoms with van der Waals surface area (Å²) in [4.78, 5) is 14.7. The van der Waals surface area contributed by atoms with Crippen LogP contribution in [0.1, 0.15) is 45.1 Å². The maximum Gasteiger partial charge on any atom is 0.224 e. The van der Waals surface area contributed by atoms with Crippen molar-refractivity contribution in [3.8, 4) is 11.1 Å². The highest BCUT2D eigenvalue weighted by molar-refractivity contribution is 5.76. The average molecular weight is 490 g/mol. The number of hydrazone groups is 1. The number of carbonyl (C=O) groups excluding carboxylic acids is 1. The first kappa shape index (κ1) is 24.2. The summed E-state index contributed by atoms with van der Waals surface area (Å²) in [5.41, 5.74) is 2.10. The molecule has 2 aliphatic rings. The first-order valence-corrected chi connectivity index (χ1v) is 12.6. The van der Waals surface area contributed by atoms with Gasteiger partial charge in [0.25, 0.3) is 0 Å². The molecule has 7 nitrogen and oxygen atoms in total. The lowest BCUT2D eigenvalue weighted by molar-refractivity contribution is -0.136. The van der Waals surface area contributed by atoms with Gasteiger partial charge in [-0.05, 0) is 67.6 Å². The van der Waals surface area contributed by atoms with E-state index < -0.39 is 5.60 Å². The highest BCUT2D eigenvalue weighted by Crippen LogP contribution is 2.34. The summed E-state index contributed by atoms with van der Waals surface area (Å²) in [6.07, 6.45) is 8.38. The van der Waals surface area contributed by atoms with Crippen LogP contribution in [0.2, 0.25) is 0 Å². The molecule has 0 spiro atoms. The van der Waals surface area contributed by atoms with Crippen molar-refractivity contribution in [2.45, 2.75) is 56.7 Å². The molecule has 0 saturated carbocycles. The van der Waals surface area contributed by atoms with Gasteiger partial charge < -0.3 is 10.0 Å². The molecule has 1 amide bonds. The average Bonchev–Trinajstić information content (AvgIpc) is 3.58. The second-order valence-corrected chi connectivity index (χ2v) is 9.93. The fraction of sp³-hybridized carbons (Fsp3) is 0.393. The van der Waals surface area contributed by atoms with Crippen molar-refractivity contribution in [1.82, 2.24) is 14.7 Å². The minimum absolute atomic E-state index is 0.00644. The number of hydrogen-bond donors (Lipinski definition) is 1. The topological polar surface area (TPSA) is 74.0 Å². The fourth-order valence-corrected chi connectivity index (χ4v) is 5.18. The van der Waals surface area contributed by atoms with E-state index in [1.165, 1.54) is 12.1 Å². The molecule has 0 aliphatic carbocycles. The normalized spacial score (nSPS) is 20.0. The van der Waals surface area contributed by atoms with Crippen LogP contribution < -0.4 is 5.01 Å². The molecule has 2 aliphatic heterocycles. The van der Waals surface area contributed by atoms with Crippen LogP contribution in [0, 0.1) is 5.82 Å². The molecule has 1 aromatic heterocycles. The lowest BCUT2D eigenvalue weighted by atomic mass is 9.84. The molecule has 2 aromatic carbocycles. The molecule has 5 rings (SSSR count). The molecule has 1 fully saturated rings. The summed E-state index contributed by atoms with van der Waals surface area (Å²) in [7, 11) is 0. The van der Waals surface area contributed by atoms with Crippen LogP contribution in [-0.4, -0.2) is 56.6 Å². The third kappa shape index (κ3) is 5.33. The van der Waals surface area contributed by atoms with Crippen LogP contribution in [-0.2, 0) is 4.79 Å². The van der Waals surface area contributed by atoms with Gasteiger partial charge in [0.2, 0.25) is 5.91 Å². The summed E-state index contributed by atoms with van der Waals surface area (Å²) in [6, 6.07) is 16.4. The van der Waals surface area contributed by atoms with Gasteiger partial charge in [-0.3, -0.25) is 14.5 Å². The summed E-state index contributed by atoms with van der Waals surface area (Å²) < 4.78 is 15.0. The van der Waals surface area contributed by atoms with Gasteiger partial charge in [0.15, 0.2) is 0 Å². The van der Waals surface area contributed by atoms with Crippen LogP contribution in [0.15, 0.2) is 72.1 Å². The van der Waals surface area contributed by atoms with E-state index >= 15 is 0 Å². The van der Waals surface area contributed by atoms with Crippen LogP contribution in [0.25, 0.3) is 11.1 Å². The van der Waals surface area contributed by atoms with E-state index in [9.17, 15) is 14.3 Å². The van der Waals surface area contributed by atoms with Crippen LogP contribution in [0.4, 0.5) is 10.1 Å². The Kier molecular flexibility index (Phi) is 6.87. The van der Waals surface area contributed by atoms with Gasteiger partial charge in [-0.15, -0.1) is 0 Å². The van der Waals surface area contributed by atoms with Crippen molar-refractivity contribution in [2.75, 3.05) is 18.1 Å². The number of rotatable bonds is 7. The zero-order valence-electron chi connectivity index (χ0n) is 20.5. The molecule has 1 N–H and O–H groups in total. The molecule has 2 atom stereocenters. The number of aliphatic hydroxyl groups is 1. The second-order valence-electron chi connectivity index (χ2n) is 9.93. The van der Waals surface area contributed by atoms with Gasteiger partial charge in [0.05, 0.1) is 23.4 Å². The summed E-state index contributed by atoms with van der Waals surface area (Å²) >= 11 is 0. The Labute approximate surface area is 210 Å². The van der Waals surface area contributed by atoms with Gasteiger partial charge in [-0.1, -0.05) is 24.3 Å². The second kappa shape index (κ2) is 10.2. The van der Waals surface area contributed by atoms with E-state index in [1.807, 2.05) is 59.6 Å². The van der Waals surface area contributed by atoms with Crippen LogP contribution in [0.5, 0.6) is 0 Å². The molecule has 1 saturated heterocycles. The number of aromatic nitrogens is 2.